The molecule has 0 aromatic heterocycles. The summed E-state index contributed by atoms with van der Waals surface area (Å²) in [7, 11) is 0. The maximum absolute atomic E-state index is 11.3. The van der Waals surface area contributed by atoms with Crippen LogP contribution in [0.3, 0.4) is 0 Å². The van der Waals surface area contributed by atoms with Crippen LogP contribution in [0.4, 0.5) is 0 Å². The van der Waals surface area contributed by atoms with Crippen molar-refractivity contribution in [1.29, 1.82) is 0 Å². The van der Waals surface area contributed by atoms with Crippen molar-refractivity contribution in [2.75, 3.05) is 32.8 Å². The number of benzene rings is 1. The highest BCUT2D eigenvalue weighted by atomic mass is 16.5. The van der Waals surface area contributed by atoms with Crippen molar-refractivity contribution >= 4 is 5.97 Å². The minimum Gasteiger partial charge on any atom is -0.508 e. The number of carbonyl (C=O) groups is 1. The molecule has 1 fully saturated rings. The third-order valence-electron chi connectivity index (χ3n) is 3.55. The zero-order valence-electron chi connectivity index (χ0n) is 12.5. The Hall–Kier alpha value is -1.59. The van der Waals surface area contributed by atoms with Gasteiger partial charge in [0.25, 0.3) is 0 Å². The van der Waals surface area contributed by atoms with Gasteiger partial charge in [0.1, 0.15) is 5.75 Å². The molecule has 21 heavy (non-hydrogen) atoms. The number of carbonyl (C=O) groups excluding carboxylic acids is 1. The molecule has 1 aromatic carbocycles. The first-order chi connectivity index (χ1) is 10.2. The predicted octanol–water partition coefficient (Wildman–Crippen LogP) is 2.11. The standard InChI is InChI=1S/C16H23NO4/c1-2-20-16(19)7-4-8-17-9-10-21-15(12-17)13-5-3-6-14(18)11-13/h3,5-6,11,15,18H,2,4,7-10,12H2,1H3/t15-/m1/s1. The molecule has 2 rings (SSSR count). The van der Waals surface area contributed by atoms with E-state index in [9.17, 15) is 9.90 Å². The number of aromatic hydroxyl groups is 1. The van der Waals surface area contributed by atoms with E-state index >= 15 is 0 Å². The molecule has 0 unspecified atom stereocenters. The number of esters is 1. The smallest absolute Gasteiger partial charge is 0.305 e. The van der Waals surface area contributed by atoms with Crippen molar-refractivity contribution in [1.82, 2.24) is 4.90 Å². The number of rotatable bonds is 6. The first-order valence-corrected chi connectivity index (χ1v) is 7.47. The minimum atomic E-state index is -0.129. The number of phenolic OH excluding ortho intramolecular Hbond substituents is 1. The van der Waals surface area contributed by atoms with E-state index in [1.807, 2.05) is 19.1 Å². The van der Waals surface area contributed by atoms with E-state index in [0.717, 1.165) is 31.6 Å². The van der Waals surface area contributed by atoms with Gasteiger partial charge in [-0.1, -0.05) is 12.1 Å². The summed E-state index contributed by atoms with van der Waals surface area (Å²) in [6.45, 7) is 5.44. The van der Waals surface area contributed by atoms with Crippen LogP contribution >= 0.6 is 0 Å². The fourth-order valence-corrected chi connectivity index (χ4v) is 2.51. The zero-order chi connectivity index (χ0) is 15.1. The largest absolute Gasteiger partial charge is 0.508 e. The Morgan fingerprint density at radius 1 is 1.52 bits per heavy atom. The Bertz CT molecular complexity index is 463. The molecule has 1 aromatic rings. The fraction of sp³-hybridized carbons (Fsp3) is 0.562. The van der Waals surface area contributed by atoms with Gasteiger partial charge in [-0.15, -0.1) is 0 Å². The molecule has 1 saturated heterocycles. The number of hydrogen-bond acceptors (Lipinski definition) is 5. The Morgan fingerprint density at radius 2 is 2.38 bits per heavy atom. The van der Waals surface area contributed by atoms with Gasteiger partial charge >= 0.3 is 5.97 Å². The van der Waals surface area contributed by atoms with Crippen LogP contribution in [0.2, 0.25) is 0 Å². The first-order valence-electron chi connectivity index (χ1n) is 7.47. The summed E-state index contributed by atoms with van der Waals surface area (Å²) in [6.07, 6.45) is 1.24. The molecule has 1 N–H and O–H groups in total. The van der Waals surface area contributed by atoms with Crippen LogP contribution in [-0.2, 0) is 14.3 Å². The summed E-state index contributed by atoms with van der Waals surface area (Å²) < 4.78 is 10.7. The molecule has 1 heterocycles. The zero-order valence-corrected chi connectivity index (χ0v) is 12.5. The van der Waals surface area contributed by atoms with Gasteiger partial charge in [-0.05, 0) is 37.6 Å². The molecule has 1 aliphatic heterocycles. The quantitative estimate of drug-likeness (QED) is 0.814. The maximum atomic E-state index is 11.3. The van der Waals surface area contributed by atoms with Gasteiger partial charge in [-0.2, -0.15) is 0 Å². The van der Waals surface area contributed by atoms with Crippen LogP contribution in [0.15, 0.2) is 24.3 Å². The summed E-state index contributed by atoms with van der Waals surface area (Å²) in [4.78, 5) is 13.6. The van der Waals surface area contributed by atoms with Crippen LogP contribution in [-0.4, -0.2) is 48.8 Å². The molecule has 0 aliphatic carbocycles. The highest BCUT2D eigenvalue weighted by Gasteiger charge is 2.22. The van der Waals surface area contributed by atoms with Crippen molar-refractivity contribution in [3.05, 3.63) is 29.8 Å². The van der Waals surface area contributed by atoms with Crippen LogP contribution in [0.1, 0.15) is 31.4 Å². The first kappa shape index (κ1) is 15.8. The topological polar surface area (TPSA) is 59.0 Å². The predicted molar refractivity (Wildman–Crippen MR) is 79.1 cm³/mol. The van der Waals surface area contributed by atoms with Crippen LogP contribution < -0.4 is 0 Å². The molecule has 0 saturated carbocycles. The molecule has 0 bridgehead atoms. The minimum absolute atomic E-state index is 0.0200. The second-order valence-electron chi connectivity index (χ2n) is 5.16. The fourth-order valence-electron chi connectivity index (χ4n) is 2.51. The van der Waals surface area contributed by atoms with Gasteiger partial charge in [-0.25, -0.2) is 0 Å². The molecule has 1 aliphatic rings. The molecule has 116 valence electrons. The molecule has 5 heteroatoms. The van der Waals surface area contributed by atoms with Gasteiger partial charge in [0, 0.05) is 19.5 Å². The number of hydrogen-bond donors (Lipinski definition) is 1. The summed E-state index contributed by atoms with van der Waals surface area (Å²) in [5.74, 6) is 0.130. The van der Waals surface area contributed by atoms with Crippen LogP contribution in [0.25, 0.3) is 0 Å². The maximum Gasteiger partial charge on any atom is 0.305 e. The van der Waals surface area contributed by atoms with Crippen molar-refractivity contribution in [2.24, 2.45) is 0 Å². The van der Waals surface area contributed by atoms with Crippen molar-refractivity contribution in [3.8, 4) is 5.75 Å². The Labute approximate surface area is 125 Å². The molecular formula is C16H23NO4. The molecule has 0 spiro atoms. The highest BCUT2D eigenvalue weighted by molar-refractivity contribution is 5.69. The van der Waals surface area contributed by atoms with Gasteiger partial charge < -0.3 is 14.6 Å². The lowest BCUT2D eigenvalue weighted by molar-refractivity contribution is -0.143. The van der Waals surface area contributed by atoms with Gasteiger partial charge in [-0.3, -0.25) is 9.69 Å². The SMILES string of the molecule is CCOC(=O)CCCN1CCO[C@@H](c2cccc(O)c2)C1. The number of morpholine rings is 1. The molecule has 0 amide bonds. The van der Waals surface area contributed by atoms with E-state index in [1.165, 1.54) is 0 Å². The highest BCUT2D eigenvalue weighted by Crippen LogP contribution is 2.25. The van der Waals surface area contributed by atoms with E-state index in [-0.39, 0.29) is 17.8 Å². The van der Waals surface area contributed by atoms with Gasteiger partial charge in [0.15, 0.2) is 0 Å². The van der Waals surface area contributed by atoms with E-state index in [1.54, 1.807) is 12.1 Å². The number of phenols is 1. The van der Waals surface area contributed by atoms with E-state index in [2.05, 4.69) is 4.90 Å². The van der Waals surface area contributed by atoms with E-state index in [4.69, 9.17) is 9.47 Å². The molecule has 5 nitrogen and oxygen atoms in total. The lowest BCUT2D eigenvalue weighted by Crippen LogP contribution is -2.39. The van der Waals surface area contributed by atoms with Crippen LogP contribution in [0.5, 0.6) is 5.75 Å². The lowest BCUT2D eigenvalue weighted by Gasteiger charge is -2.33. The van der Waals surface area contributed by atoms with E-state index < -0.39 is 0 Å². The lowest BCUT2D eigenvalue weighted by atomic mass is 10.1. The summed E-state index contributed by atoms with van der Waals surface area (Å²) in [6, 6.07) is 7.19. The second-order valence-corrected chi connectivity index (χ2v) is 5.16. The van der Waals surface area contributed by atoms with Crippen molar-refractivity contribution < 1.29 is 19.4 Å². The summed E-state index contributed by atoms with van der Waals surface area (Å²) >= 11 is 0. The van der Waals surface area contributed by atoms with Crippen molar-refractivity contribution in [3.63, 3.8) is 0 Å². The Kier molecular flexibility index (Phi) is 6.02. The second kappa shape index (κ2) is 8.00. The van der Waals surface area contributed by atoms with Gasteiger partial charge in [0.05, 0.1) is 19.3 Å². The molecule has 1 atom stereocenters. The Balaban J connectivity index is 1.79. The third kappa shape index (κ3) is 5.02. The van der Waals surface area contributed by atoms with Gasteiger partial charge in [0.2, 0.25) is 0 Å². The molecule has 0 radical (unpaired) electrons. The average Bonchev–Trinajstić information content (AvgIpc) is 2.48. The van der Waals surface area contributed by atoms with Crippen molar-refractivity contribution in [2.45, 2.75) is 25.9 Å². The summed E-state index contributed by atoms with van der Waals surface area (Å²) in [5.41, 5.74) is 0.991. The normalized spacial score (nSPS) is 19.4. The monoisotopic (exact) mass is 293 g/mol. The third-order valence-corrected chi connectivity index (χ3v) is 3.55. The molecular weight excluding hydrogens is 270 g/mol. The Morgan fingerprint density at radius 3 is 3.14 bits per heavy atom. The average molecular weight is 293 g/mol. The van der Waals surface area contributed by atoms with Crippen LogP contribution in [0, 0.1) is 0 Å². The number of nitrogens with zero attached hydrogens (tertiary/aromatic N) is 1. The summed E-state index contributed by atoms with van der Waals surface area (Å²) in [5, 5.41) is 9.54. The van der Waals surface area contributed by atoms with E-state index in [0.29, 0.717) is 19.6 Å². The number of ether oxygens (including phenoxy) is 2.